The molecule has 0 spiro atoms. The summed E-state index contributed by atoms with van der Waals surface area (Å²) in [5.41, 5.74) is 1.54. The lowest BCUT2D eigenvalue weighted by molar-refractivity contribution is 0.0874. The molecule has 2 heterocycles. The molecule has 0 aliphatic carbocycles. The predicted octanol–water partition coefficient (Wildman–Crippen LogP) is 0.369. The number of carbonyl (C=O) groups excluding carboxylic acids is 2. The molecular weight excluding hydrogens is 412 g/mol. The number of hydrogen-bond donors (Lipinski definition) is 3. The Morgan fingerprint density at radius 1 is 0.750 bits per heavy atom. The van der Waals surface area contributed by atoms with Crippen molar-refractivity contribution >= 4 is 11.8 Å². The average molecular weight is 432 g/mol. The molecule has 11 heteroatoms. The number of nitrogens with zero attached hydrogens (tertiary/aromatic N) is 6. The summed E-state index contributed by atoms with van der Waals surface area (Å²) in [6, 6.07) is 18.5. The molecule has 0 atom stereocenters. The molecule has 162 valence electrons. The van der Waals surface area contributed by atoms with Crippen LogP contribution in [0.4, 0.5) is 0 Å². The summed E-state index contributed by atoms with van der Waals surface area (Å²) in [4.78, 5) is 32.4. The van der Waals surface area contributed by atoms with Crippen LogP contribution in [0.15, 0.2) is 73.3 Å². The Morgan fingerprint density at radius 3 is 1.56 bits per heavy atom. The van der Waals surface area contributed by atoms with Gasteiger partial charge in [-0.05, 0) is 24.3 Å². The van der Waals surface area contributed by atoms with E-state index in [0.717, 1.165) is 11.4 Å². The number of benzene rings is 2. The van der Waals surface area contributed by atoms with Crippen molar-refractivity contribution in [2.24, 2.45) is 0 Å². The molecule has 0 unspecified atom stereocenters. The van der Waals surface area contributed by atoms with Crippen LogP contribution >= 0.6 is 0 Å². The number of carbonyl (C=O) groups is 2. The molecule has 2 aromatic heterocycles. The lowest BCUT2D eigenvalue weighted by atomic mass is 10.3. The minimum absolute atomic E-state index is 0.0271. The van der Waals surface area contributed by atoms with Crippen LogP contribution in [-0.4, -0.2) is 65.6 Å². The summed E-state index contributed by atoms with van der Waals surface area (Å²) in [6.07, 6.45) is 1.85. The van der Waals surface area contributed by atoms with Gasteiger partial charge in [-0.1, -0.05) is 36.4 Å². The minimum atomic E-state index is -1.02. The predicted molar refractivity (Wildman–Crippen MR) is 113 cm³/mol. The molecule has 2 amide bonds. The molecule has 0 aliphatic heterocycles. The maximum Gasteiger partial charge on any atom is 0.291 e. The monoisotopic (exact) mass is 432 g/mol. The van der Waals surface area contributed by atoms with E-state index in [9.17, 15) is 14.7 Å². The van der Waals surface area contributed by atoms with Crippen LogP contribution in [0.25, 0.3) is 11.4 Å². The van der Waals surface area contributed by atoms with Gasteiger partial charge in [-0.25, -0.2) is 19.3 Å². The van der Waals surface area contributed by atoms with Gasteiger partial charge in [0.05, 0.1) is 17.5 Å². The molecule has 0 aliphatic rings. The first kappa shape index (κ1) is 20.9. The normalized spacial score (nSPS) is 10.8. The zero-order chi connectivity index (χ0) is 22.3. The number of rotatable bonds is 8. The number of aromatic nitrogens is 6. The van der Waals surface area contributed by atoms with Gasteiger partial charge in [0.15, 0.2) is 0 Å². The Labute approximate surface area is 182 Å². The molecule has 0 fully saturated rings. The third kappa shape index (κ3) is 5.02. The van der Waals surface area contributed by atoms with E-state index in [1.165, 1.54) is 22.0 Å². The van der Waals surface area contributed by atoms with Crippen molar-refractivity contribution in [3.63, 3.8) is 0 Å². The van der Waals surface area contributed by atoms with Crippen molar-refractivity contribution in [1.29, 1.82) is 0 Å². The molecule has 4 rings (SSSR count). The fraction of sp³-hybridized carbons (Fsp3) is 0.143. The van der Waals surface area contributed by atoms with Crippen molar-refractivity contribution < 1.29 is 14.7 Å². The molecule has 3 N–H and O–H groups in total. The smallest absolute Gasteiger partial charge is 0.291 e. The van der Waals surface area contributed by atoms with Crippen LogP contribution in [0, 0.1) is 0 Å². The highest BCUT2D eigenvalue weighted by atomic mass is 16.3. The highest BCUT2D eigenvalue weighted by Gasteiger charge is 2.16. The van der Waals surface area contributed by atoms with Gasteiger partial charge in [0.1, 0.15) is 12.7 Å². The Morgan fingerprint density at radius 2 is 1.16 bits per heavy atom. The van der Waals surface area contributed by atoms with E-state index >= 15 is 0 Å². The van der Waals surface area contributed by atoms with Gasteiger partial charge < -0.3 is 15.7 Å². The van der Waals surface area contributed by atoms with Gasteiger partial charge in [0.2, 0.25) is 11.6 Å². The third-order valence-electron chi connectivity index (χ3n) is 4.43. The summed E-state index contributed by atoms with van der Waals surface area (Å²) in [5, 5.41) is 23.4. The van der Waals surface area contributed by atoms with Crippen molar-refractivity contribution in [1.82, 2.24) is 40.2 Å². The van der Waals surface area contributed by atoms with E-state index in [1.807, 2.05) is 60.7 Å². The summed E-state index contributed by atoms with van der Waals surface area (Å²) >= 11 is 0. The second-order valence-electron chi connectivity index (χ2n) is 6.77. The fourth-order valence-electron chi connectivity index (χ4n) is 2.80. The molecule has 0 bridgehead atoms. The number of hydrogen-bond acceptors (Lipinski definition) is 7. The number of amides is 2. The largest absolute Gasteiger partial charge is 0.389 e. The lowest BCUT2D eigenvalue weighted by Crippen LogP contribution is -2.40. The van der Waals surface area contributed by atoms with Gasteiger partial charge in [-0.2, -0.15) is 0 Å². The second kappa shape index (κ2) is 9.62. The summed E-state index contributed by atoms with van der Waals surface area (Å²) in [7, 11) is 0. The Balaban J connectivity index is 1.24. The van der Waals surface area contributed by atoms with Crippen molar-refractivity contribution in [3.05, 3.63) is 85.0 Å². The van der Waals surface area contributed by atoms with Crippen LogP contribution in [0.3, 0.4) is 0 Å². The van der Waals surface area contributed by atoms with Crippen molar-refractivity contribution in [2.45, 2.75) is 6.10 Å². The van der Waals surface area contributed by atoms with Crippen LogP contribution < -0.4 is 10.6 Å². The molecule has 0 radical (unpaired) electrons. The van der Waals surface area contributed by atoms with Crippen LogP contribution in [0.2, 0.25) is 0 Å². The number of aliphatic hydroxyl groups is 1. The second-order valence-corrected chi connectivity index (χ2v) is 6.77. The van der Waals surface area contributed by atoms with E-state index < -0.39 is 17.9 Å². The first-order valence-corrected chi connectivity index (χ1v) is 9.79. The van der Waals surface area contributed by atoms with Crippen LogP contribution in [0.5, 0.6) is 0 Å². The first-order valence-electron chi connectivity index (χ1n) is 9.79. The maximum atomic E-state index is 12.2. The lowest BCUT2D eigenvalue weighted by Gasteiger charge is -2.11. The Kier molecular flexibility index (Phi) is 6.28. The summed E-state index contributed by atoms with van der Waals surface area (Å²) in [6.45, 7) is -0.185. The van der Waals surface area contributed by atoms with Crippen molar-refractivity contribution in [3.8, 4) is 11.4 Å². The minimum Gasteiger partial charge on any atom is -0.389 e. The molecule has 4 aromatic rings. The Bertz CT molecular complexity index is 1100. The van der Waals surface area contributed by atoms with Gasteiger partial charge in [-0.3, -0.25) is 9.59 Å². The summed E-state index contributed by atoms with van der Waals surface area (Å²) < 4.78 is 2.96. The highest BCUT2D eigenvalue weighted by Crippen LogP contribution is 2.05. The molecule has 32 heavy (non-hydrogen) atoms. The van der Waals surface area contributed by atoms with E-state index in [0.29, 0.717) is 0 Å². The summed E-state index contributed by atoms with van der Waals surface area (Å²) in [5.74, 6) is -1.12. The number of nitrogens with one attached hydrogen (secondary N) is 2. The zero-order valence-corrected chi connectivity index (χ0v) is 16.9. The maximum absolute atomic E-state index is 12.2. The van der Waals surface area contributed by atoms with E-state index in [4.69, 9.17) is 0 Å². The SMILES string of the molecule is O=C(NCC(O)CNC(=O)c1ncn(-c2ccccc2)n1)c1ncn(-c2ccccc2)n1. The van der Waals surface area contributed by atoms with E-state index in [-0.39, 0.29) is 24.7 Å². The molecular formula is C21H20N8O3. The average Bonchev–Trinajstić information content (AvgIpc) is 3.53. The van der Waals surface area contributed by atoms with Gasteiger partial charge >= 0.3 is 0 Å². The van der Waals surface area contributed by atoms with Crippen LogP contribution in [0.1, 0.15) is 21.2 Å². The fourth-order valence-corrected chi connectivity index (χ4v) is 2.80. The first-order chi connectivity index (χ1) is 15.6. The topological polar surface area (TPSA) is 140 Å². The van der Waals surface area contributed by atoms with Gasteiger partial charge in [0.25, 0.3) is 11.8 Å². The van der Waals surface area contributed by atoms with E-state index in [2.05, 4.69) is 30.8 Å². The molecule has 0 saturated heterocycles. The van der Waals surface area contributed by atoms with Gasteiger partial charge in [-0.15, -0.1) is 10.2 Å². The highest BCUT2D eigenvalue weighted by molar-refractivity contribution is 5.90. The molecule has 2 aromatic carbocycles. The molecule has 11 nitrogen and oxygen atoms in total. The van der Waals surface area contributed by atoms with Gasteiger partial charge in [0, 0.05) is 13.1 Å². The van der Waals surface area contributed by atoms with Crippen LogP contribution in [-0.2, 0) is 0 Å². The Hall–Kier alpha value is -4.38. The van der Waals surface area contributed by atoms with E-state index in [1.54, 1.807) is 0 Å². The standard InChI is InChI=1S/C21H20N8O3/c30-17(11-22-20(31)18-24-13-28(26-18)15-7-3-1-4-8-15)12-23-21(32)19-25-14-29(27-19)16-9-5-2-6-10-16/h1-10,13-14,17,30H,11-12H2,(H,22,31)(H,23,32). The number of para-hydroxylation sites is 2. The third-order valence-corrected chi connectivity index (χ3v) is 4.43. The quantitative estimate of drug-likeness (QED) is 0.365. The van der Waals surface area contributed by atoms with Crippen molar-refractivity contribution in [2.75, 3.05) is 13.1 Å². The molecule has 0 saturated carbocycles. The zero-order valence-electron chi connectivity index (χ0n) is 16.9. The number of aliphatic hydroxyl groups excluding tert-OH is 1.